The van der Waals surface area contributed by atoms with Gasteiger partial charge in [-0.2, -0.15) is 0 Å². The highest BCUT2D eigenvalue weighted by Gasteiger charge is 2.21. The number of pyridine rings is 1. The van der Waals surface area contributed by atoms with Crippen molar-refractivity contribution in [2.24, 2.45) is 10.8 Å². The summed E-state index contributed by atoms with van der Waals surface area (Å²) in [6.07, 6.45) is 1.82. The molecule has 0 spiro atoms. The maximum absolute atomic E-state index is 11.9. The molecule has 0 unspecified atom stereocenters. The topological polar surface area (TPSA) is 143 Å². The summed E-state index contributed by atoms with van der Waals surface area (Å²) in [6, 6.07) is 3.25. The Morgan fingerprint density at radius 2 is 2.22 bits per heavy atom. The van der Waals surface area contributed by atoms with Gasteiger partial charge < -0.3 is 15.8 Å². The second-order valence-electron chi connectivity index (χ2n) is 5.47. The molecular weight excluding hydrogens is 300 g/mol. The van der Waals surface area contributed by atoms with Crippen LogP contribution in [-0.2, 0) is 11.3 Å². The second kappa shape index (κ2) is 8.60. The molecule has 0 saturated carbocycles. The van der Waals surface area contributed by atoms with Gasteiger partial charge in [0.2, 0.25) is 0 Å². The Kier molecular flexibility index (Phi) is 6.82. The smallest absolute Gasteiger partial charge is 0.405 e. The average molecular weight is 320 g/mol. The van der Waals surface area contributed by atoms with Gasteiger partial charge in [0.25, 0.3) is 5.91 Å². The molecule has 0 fully saturated rings. The fraction of sp³-hybridized carbons (Fsp3) is 0.500. The van der Waals surface area contributed by atoms with E-state index >= 15 is 0 Å². The lowest BCUT2D eigenvalue weighted by molar-refractivity contribution is 0.0375. The highest BCUT2D eigenvalue weighted by atomic mass is 16.6. The number of azide groups is 1. The fourth-order valence-electron chi connectivity index (χ4n) is 1.90. The lowest BCUT2D eigenvalue weighted by Crippen LogP contribution is -2.32. The highest BCUT2D eigenvalue weighted by molar-refractivity contribution is 5.93. The standard InChI is InChI=1S/C14H20N6O3/c1-14(2,23-13(15)22)6-3-7-17-12(21)10-4-5-11(18-8-10)9-19-20-16/h4-5,8H,3,6-7,9H2,1-2H3,(H2,15,22)(H,17,21). The van der Waals surface area contributed by atoms with E-state index in [4.69, 9.17) is 16.0 Å². The van der Waals surface area contributed by atoms with Crippen molar-refractivity contribution < 1.29 is 14.3 Å². The first-order valence-corrected chi connectivity index (χ1v) is 7.06. The zero-order chi connectivity index (χ0) is 17.3. The van der Waals surface area contributed by atoms with Crippen LogP contribution in [0.2, 0.25) is 0 Å². The van der Waals surface area contributed by atoms with Gasteiger partial charge in [-0.1, -0.05) is 5.11 Å². The number of nitrogens with two attached hydrogens (primary N) is 1. The zero-order valence-electron chi connectivity index (χ0n) is 13.2. The van der Waals surface area contributed by atoms with Gasteiger partial charge in [0, 0.05) is 23.3 Å². The molecule has 23 heavy (non-hydrogen) atoms. The number of carbonyl (C=O) groups excluding carboxylic acids is 2. The number of hydrogen-bond donors (Lipinski definition) is 2. The first kappa shape index (κ1) is 18.2. The van der Waals surface area contributed by atoms with Crippen LogP contribution in [0.5, 0.6) is 0 Å². The van der Waals surface area contributed by atoms with Crippen molar-refractivity contribution in [2.45, 2.75) is 38.8 Å². The molecule has 0 aliphatic rings. The first-order valence-electron chi connectivity index (χ1n) is 7.06. The zero-order valence-corrected chi connectivity index (χ0v) is 13.2. The van der Waals surface area contributed by atoms with Crippen LogP contribution < -0.4 is 11.1 Å². The monoisotopic (exact) mass is 320 g/mol. The quantitative estimate of drug-likeness (QED) is 0.327. The summed E-state index contributed by atoms with van der Waals surface area (Å²) in [6.45, 7) is 4.09. The Morgan fingerprint density at radius 3 is 2.78 bits per heavy atom. The van der Waals surface area contributed by atoms with Gasteiger partial charge in [-0.15, -0.1) is 0 Å². The number of nitrogens with zero attached hydrogens (tertiary/aromatic N) is 4. The van der Waals surface area contributed by atoms with Gasteiger partial charge in [-0.3, -0.25) is 9.78 Å². The number of hydrogen-bond acceptors (Lipinski definition) is 5. The Labute approximate surface area is 133 Å². The van der Waals surface area contributed by atoms with E-state index in [1.807, 2.05) is 0 Å². The molecule has 0 saturated heterocycles. The summed E-state index contributed by atoms with van der Waals surface area (Å²) >= 11 is 0. The minimum Gasteiger partial charge on any atom is -0.444 e. The van der Waals surface area contributed by atoms with E-state index in [1.165, 1.54) is 6.20 Å². The van der Waals surface area contributed by atoms with Gasteiger partial charge in [0.1, 0.15) is 5.60 Å². The number of primary amides is 1. The first-order chi connectivity index (χ1) is 10.8. The Morgan fingerprint density at radius 1 is 1.48 bits per heavy atom. The molecule has 0 aliphatic carbocycles. The summed E-state index contributed by atoms with van der Waals surface area (Å²) in [4.78, 5) is 29.3. The average Bonchev–Trinajstić information content (AvgIpc) is 2.48. The lowest BCUT2D eigenvalue weighted by Gasteiger charge is -2.23. The number of nitrogens with one attached hydrogen (secondary N) is 1. The molecule has 1 aromatic heterocycles. The van der Waals surface area contributed by atoms with Crippen LogP contribution in [0.25, 0.3) is 10.4 Å². The van der Waals surface area contributed by atoms with Crippen molar-refractivity contribution in [3.63, 3.8) is 0 Å². The van der Waals surface area contributed by atoms with Crippen LogP contribution in [0.1, 0.15) is 42.7 Å². The van der Waals surface area contributed by atoms with Crippen LogP contribution >= 0.6 is 0 Å². The maximum atomic E-state index is 11.9. The van der Waals surface area contributed by atoms with Gasteiger partial charge >= 0.3 is 6.09 Å². The normalized spacial score (nSPS) is 10.5. The van der Waals surface area contributed by atoms with E-state index in [9.17, 15) is 9.59 Å². The van der Waals surface area contributed by atoms with Crippen molar-refractivity contribution in [3.8, 4) is 0 Å². The number of amides is 2. The fourth-order valence-corrected chi connectivity index (χ4v) is 1.90. The van der Waals surface area contributed by atoms with Crippen LogP contribution in [0, 0.1) is 0 Å². The van der Waals surface area contributed by atoms with Gasteiger partial charge in [0.15, 0.2) is 0 Å². The molecule has 0 atom stereocenters. The molecule has 9 nitrogen and oxygen atoms in total. The van der Waals surface area contributed by atoms with E-state index in [0.29, 0.717) is 30.6 Å². The molecule has 0 aromatic carbocycles. The lowest BCUT2D eigenvalue weighted by atomic mass is 10.0. The molecule has 3 N–H and O–H groups in total. The Balaban J connectivity index is 2.39. The predicted molar refractivity (Wildman–Crippen MR) is 83.4 cm³/mol. The molecule has 0 bridgehead atoms. The molecule has 1 aromatic rings. The SMILES string of the molecule is CC(C)(CCCNC(=O)c1ccc(CN=[N+]=[N-])nc1)OC(N)=O. The van der Waals surface area contributed by atoms with Gasteiger partial charge in [-0.25, -0.2) is 4.79 Å². The van der Waals surface area contributed by atoms with Crippen molar-refractivity contribution in [1.82, 2.24) is 10.3 Å². The highest BCUT2D eigenvalue weighted by Crippen LogP contribution is 2.16. The Bertz CT molecular complexity index is 593. The van der Waals surface area contributed by atoms with Crippen LogP contribution in [0.3, 0.4) is 0 Å². The van der Waals surface area contributed by atoms with Crippen molar-refractivity contribution >= 4 is 12.0 Å². The van der Waals surface area contributed by atoms with E-state index in [2.05, 4.69) is 20.3 Å². The molecular formula is C14H20N6O3. The molecule has 1 heterocycles. The molecule has 2 amide bonds. The van der Waals surface area contributed by atoms with E-state index in [0.717, 1.165) is 0 Å². The van der Waals surface area contributed by atoms with Crippen LogP contribution in [0.4, 0.5) is 4.79 Å². The van der Waals surface area contributed by atoms with Crippen molar-refractivity contribution in [2.75, 3.05) is 6.54 Å². The number of ether oxygens (including phenoxy) is 1. The number of rotatable bonds is 8. The number of carbonyl (C=O) groups is 2. The minimum atomic E-state index is -0.814. The summed E-state index contributed by atoms with van der Waals surface area (Å²) in [7, 11) is 0. The third-order valence-corrected chi connectivity index (χ3v) is 3.00. The Hall–Kier alpha value is -2.80. The minimum absolute atomic E-state index is 0.146. The molecule has 0 radical (unpaired) electrons. The van der Waals surface area contributed by atoms with E-state index < -0.39 is 11.7 Å². The third-order valence-electron chi connectivity index (χ3n) is 3.00. The van der Waals surface area contributed by atoms with Crippen LogP contribution in [0.15, 0.2) is 23.4 Å². The molecule has 1 rings (SSSR count). The summed E-state index contributed by atoms with van der Waals surface area (Å²) in [5.41, 5.74) is 13.6. The van der Waals surface area contributed by atoms with E-state index in [1.54, 1.807) is 26.0 Å². The van der Waals surface area contributed by atoms with Crippen molar-refractivity contribution in [3.05, 3.63) is 40.0 Å². The van der Waals surface area contributed by atoms with Crippen molar-refractivity contribution in [1.29, 1.82) is 0 Å². The van der Waals surface area contributed by atoms with Gasteiger partial charge in [-0.05, 0) is 44.4 Å². The molecule has 9 heteroatoms. The largest absolute Gasteiger partial charge is 0.444 e. The summed E-state index contributed by atoms with van der Waals surface area (Å²) < 4.78 is 4.96. The molecule has 124 valence electrons. The van der Waals surface area contributed by atoms with Gasteiger partial charge in [0.05, 0.1) is 12.1 Å². The summed E-state index contributed by atoms with van der Waals surface area (Å²) in [5.74, 6) is -0.249. The number of aromatic nitrogens is 1. The predicted octanol–water partition coefficient (Wildman–Crippen LogP) is 2.28. The second-order valence-corrected chi connectivity index (χ2v) is 5.47. The van der Waals surface area contributed by atoms with Crippen LogP contribution in [-0.4, -0.2) is 29.1 Å². The third kappa shape index (κ3) is 7.14. The van der Waals surface area contributed by atoms with E-state index in [-0.39, 0.29) is 12.5 Å². The molecule has 0 aliphatic heterocycles. The summed E-state index contributed by atoms with van der Waals surface area (Å²) in [5, 5.41) is 6.15. The maximum Gasteiger partial charge on any atom is 0.405 e.